The van der Waals surface area contributed by atoms with Crippen LogP contribution < -0.4 is 30.6 Å². The molecule has 350 valence electrons. The molecule has 3 aromatic carbocycles. The number of carbonyl (C=O) groups excluding carboxylic acids is 3. The highest BCUT2D eigenvalue weighted by atomic mass is 32.2. The number of halogens is 2. The average Bonchev–Trinajstić information content (AvgIpc) is 3.33. The van der Waals surface area contributed by atoms with E-state index in [1.165, 1.54) is 60.7 Å². The Bertz CT molecular complexity index is 2760. The maximum absolute atomic E-state index is 15.3. The van der Waals surface area contributed by atoms with E-state index in [4.69, 9.17) is 9.47 Å². The predicted octanol–water partition coefficient (Wildman–Crippen LogP) is 4.94. The molecule has 67 heavy (non-hydrogen) atoms. The zero-order valence-corrected chi connectivity index (χ0v) is 38.1. The molecule has 5 aromatic rings. The lowest BCUT2D eigenvalue weighted by Crippen LogP contribution is -2.52. The van der Waals surface area contributed by atoms with Gasteiger partial charge in [0, 0.05) is 69.6 Å². The molecule has 0 saturated carbocycles. The molecule has 0 spiro atoms. The minimum atomic E-state index is -0.759. The highest BCUT2D eigenvalue weighted by Gasteiger charge is 2.30. The number of amides is 3. The van der Waals surface area contributed by atoms with E-state index in [2.05, 4.69) is 35.2 Å². The standard InChI is InChI=1S/C46H50F2N12O6S/c1-4-56(2)67-55-36-8-7-34(47)43(32(36)22-49)66-39-11-9-37-42(33(39)26-65-3)45(64)60(27-52-37)30-23-50-46(51-24-30)59-19-17-58(18-20-59)41(62)25-57-15-13-28(14-16-57)31-6-5-29(21-35(31)48)53-38-10-12-40(61)54-44(38)63/h5-9,11,21,23-24,27-28,38,53,55H,4,10,12-20,25-26H2,1-3H3,(H,54,61,63). The van der Waals surface area contributed by atoms with Gasteiger partial charge in [0.15, 0.2) is 11.6 Å². The maximum Gasteiger partial charge on any atom is 0.266 e. The topological polar surface area (TPSA) is 203 Å². The molecule has 3 amide bonds. The Hall–Kier alpha value is -6.73. The fourth-order valence-electron chi connectivity index (χ4n) is 8.41. The molecule has 3 fully saturated rings. The monoisotopic (exact) mass is 936 g/mol. The number of carbonyl (C=O) groups is 3. The van der Waals surface area contributed by atoms with Gasteiger partial charge in [0.25, 0.3) is 5.56 Å². The summed E-state index contributed by atoms with van der Waals surface area (Å²) in [6, 6.07) is 12.2. The Morgan fingerprint density at radius 1 is 0.985 bits per heavy atom. The van der Waals surface area contributed by atoms with Gasteiger partial charge in [0.2, 0.25) is 23.7 Å². The number of piperidine rings is 2. The van der Waals surface area contributed by atoms with Crippen LogP contribution in [0.4, 0.5) is 26.1 Å². The highest BCUT2D eigenvalue weighted by molar-refractivity contribution is 7.98. The van der Waals surface area contributed by atoms with Gasteiger partial charge in [-0.15, -0.1) is 0 Å². The van der Waals surface area contributed by atoms with E-state index in [1.807, 2.05) is 34.1 Å². The number of hydrogen-bond donors (Lipinski definition) is 3. The van der Waals surface area contributed by atoms with Crippen molar-refractivity contribution in [3.8, 4) is 23.3 Å². The number of nitrogens with one attached hydrogen (secondary N) is 3. The molecule has 3 aliphatic rings. The molecule has 0 bridgehead atoms. The third-order valence-corrected chi connectivity index (χ3v) is 13.1. The van der Waals surface area contributed by atoms with E-state index in [9.17, 15) is 24.4 Å². The summed E-state index contributed by atoms with van der Waals surface area (Å²) in [4.78, 5) is 70.7. The Kier molecular flexibility index (Phi) is 14.6. The van der Waals surface area contributed by atoms with Crippen LogP contribution in [0.3, 0.4) is 0 Å². The van der Waals surface area contributed by atoms with Crippen molar-refractivity contribution in [1.82, 2.24) is 38.9 Å². The molecule has 1 unspecified atom stereocenters. The van der Waals surface area contributed by atoms with Crippen molar-refractivity contribution in [3.05, 3.63) is 99.9 Å². The number of likely N-dealkylation sites (tertiary alicyclic amines) is 1. The van der Waals surface area contributed by atoms with E-state index < -0.39 is 23.3 Å². The normalized spacial score (nSPS) is 17.1. The number of imide groups is 1. The van der Waals surface area contributed by atoms with Crippen molar-refractivity contribution in [2.75, 3.05) is 81.5 Å². The minimum Gasteiger partial charge on any atom is -0.452 e. The number of benzene rings is 3. The molecular formula is C46H50F2N12O6S. The number of anilines is 3. The quantitative estimate of drug-likeness (QED) is 0.0941. The number of nitriles is 1. The summed E-state index contributed by atoms with van der Waals surface area (Å²) in [5.41, 5.74) is 1.95. The summed E-state index contributed by atoms with van der Waals surface area (Å²) in [6.07, 6.45) is 6.40. The van der Waals surface area contributed by atoms with Crippen LogP contribution in [-0.4, -0.2) is 124 Å². The summed E-state index contributed by atoms with van der Waals surface area (Å²) in [5, 5.41) is 15.6. The smallest absolute Gasteiger partial charge is 0.266 e. The van der Waals surface area contributed by atoms with Gasteiger partial charge in [-0.2, -0.15) is 5.26 Å². The van der Waals surface area contributed by atoms with E-state index in [1.54, 1.807) is 24.3 Å². The number of nitrogens with zero attached hydrogens (tertiary/aromatic N) is 9. The average molecular weight is 937 g/mol. The van der Waals surface area contributed by atoms with Crippen LogP contribution in [0.25, 0.3) is 16.6 Å². The van der Waals surface area contributed by atoms with Gasteiger partial charge in [0.1, 0.15) is 35.6 Å². The Balaban J connectivity index is 0.870. The molecule has 3 N–H and O–H groups in total. The summed E-state index contributed by atoms with van der Waals surface area (Å²) in [7, 11) is 3.32. The van der Waals surface area contributed by atoms with Crippen LogP contribution in [0.15, 0.2) is 66.0 Å². The Morgan fingerprint density at radius 3 is 2.43 bits per heavy atom. The van der Waals surface area contributed by atoms with Gasteiger partial charge in [-0.1, -0.05) is 13.0 Å². The minimum absolute atomic E-state index is 0.00346. The first kappa shape index (κ1) is 46.8. The summed E-state index contributed by atoms with van der Waals surface area (Å²) in [6.45, 7) is 6.12. The number of piperazine rings is 1. The van der Waals surface area contributed by atoms with Gasteiger partial charge >= 0.3 is 0 Å². The summed E-state index contributed by atoms with van der Waals surface area (Å²) >= 11 is 1.25. The first-order chi connectivity index (χ1) is 32.4. The third kappa shape index (κ3) is 10.5. The largest absolute Gasteiger partial charge is 0.452 e. The van der Waals surface area contributed by atoms with Crippen molar-refractivity contribution in [2.45, 2.75) is 51.2 Å². The van der Waals surface area contributed by atoms with Crippen molar-refractivity contribution < 1.29 is 32.6 Å². The van der Waals surface area contributed by atoms with Gasteiger partial charge in [0.05, 0.1) is 47.8 Å². The van der Waals surface area contributed by atoms with Gasteiger partial charge in [-0.3, -0.25) is 34.0 Å². The lowest BCUT2D eigenvalue weighted by molar-refractivity contribution is -0.134. The van der Waals surface area contributed by atoms with Crippen LogP contribution in [0.2, 0.25) is 0 Å². The molecular weight excluding hydrogens is 887 g/mol. The number of methoxy groups -OCH3 is 1. The fraction of sp³-hybridized carbons (Fsp3) is 0.391. The Morgan fingerprint density at radius 2 is 1.75 bits per heavy atom. The molecule has 18 nitrogen and oxygen atoms in total. The lowest BCUT2D eigenvalue weighted by atomic mass is 9.89. The fourth-order valence-corrected chi connectivity index (χ4v) is 8.96. The maximum atomic E-state index is 15.3. The molecule has 0 radical (unpaired) electrons. The van der Waals surface area contributed by atoms with Crippen LogP contribution >= 0.6 is 12.1 Å². The number of ether oxygens (including phenoxy) is 2. The zero-order valence-electron chi connectivity index (χ0n) is 37.3. The first-order valence-corrected chi connectivity index (χ1v) is 22.8. The molecule has 21 heteroatoms. The predicted molar refractivity (Wildman–Crippen MR) is 248 cm³/mol. The number of rotatable bonds is 15. The highest BCUT2D eigenvalue weighted by Crippen LogP contribution is 2.37. The van der Waals surface area contributed by atoms with Gasteiger partial charge in [-0.25, -0.2) is 28.0 Å². The molecule has 1 atom stereocenters. The summed E-state index contributed by atoms with van der Waals surface area (Å²) in [5.74, 6) is -1.56. The van der Waals surface area contributed by atoms with Gasteiger partial charge < -0.3 is 29.3 Å². The van der Waals surface area contributed by atoms with Crippen molar-refractivity contribution in [2.24, 2.45) is 0 Å². The molecule has 8 rings (SSSR count). The second-order valence-electron chi connectivity index (χ2n) is 16.5. The SMILES string of the molecule is CCN(C)SNc1ccc(F)c(Oc2ccc3ncn(-c4cnc(N5CCN(C(=O)CN6CCC(c7ccc(NC8CCC(=O)NC8=O)cc7F)CC6)CC5)nc4)c(=O)c3c2COC)c1C#N. The van der Waals surface area contributed by atoms with Crippen molar-refractivity contribution in [1.29, 1.82) is 5.26 Å². The van der Waals surface area contributed by atoms with Gasteiger partial charge in [-0.05, 0) is 87.3 Å². The van der Waals surface area contributed by atoms with E-state index in [0.29, 0.717) is 98.2 Å². The van der Waals surface area contributed by atoms with Crippen LogP contribution in [-0.2, 0) is 25.7 Å². The zero-order chi connectivity index (χ0) is 47.2. The van der Waals surface area contributed by atoms with Crippen LogP contribution in [0.1, 0.15) is 55.2 Å². The molecule has 2 aromatic heterocycles. The molecule has 0 aliphatic carbocycles. The second-order valence-corrected chi connectivity index (χ2v) is 17.5. The number of aromatic nitrogens is 4. The van der Waals surface area contributed by atoms with Crippen molar-refractivity contribution >= 4 is 58.1 Å². The summed E-state index contributed by atoms with van der Waals surface area (Å²) < 4.78 is 48.4. The van der Waals surface area contributed by atoms with E-state index in [-0.39, 0.29) is 65.6 Å². The van der Waals surface area contributed by atoms with Crippen LogP contribution in [0.5, 0.6) is 11.5 Å². The Labute approximate surface area is 389 Å². The first-order valence-electron chi connectivity index (χ1n) is 22.0. The number of fused-ring (bicyclic) bond motifs is 1. The molecule has 5 heterocycles. The second kappa shape index (κ2) is 20.8. The third-order valence-electron chi connectivity index (χ3n) is 12.3. The molecule has 3 saturated heterocycles. The van der Waals surface area contributed by atoms with Crippen LogP contribution in [0, 0.1) is 23.0 Å². The van der Waals surface area contributed by atoms with E-state index >= 15 is 8.78 Å². The lowest BCUT2D eigenvalue weighted by Gasteiger charge is -2.37. The molecule has 3 aliphatic heterocycles. The number of hydrogen-bond acceptors (Lipinski definition) is 16. The van der Waals surface area contributed by atoms with Crippen molar-refractivity contribution in [3.63, 3.8) is 0 Å². The van der Waals surface area contributed by atoms with E-state index in [0.717, 1.165) is 6.54 Å².